The van der Waals surface area contributed by atoms with E-state index in [1.165, 1.54) is 12.1 Å². The fraction of sp³-hybridized carbons (Fsp3) is 0.318. The van der Waals surface area contributed by atoms with E-state index in [0.29, 0.717) is 23.3 Å². The highest BCUT2D eigenvalue weighted by atomic mass is 19.1. The summed E-state index contributed by atoms with van der Waals surface area (Å²) in [5, 5.41) is 5.40. The minimum atomic E-state index is -1.23. The van der Waals surface area contributed by atoms with Gasteiger partial charge in [-0.2, -0.15) is 0 Å². The lowest BCUT2D eigenvalue weighted by Crippen LogP contribution is -2.44. The van der Waals surface area contributed by atoms with Gasteiger partial charge >= 0.3 is 6.03 Å². The van der Waals surface area contributed by atoms with Crippen LogP contribution in [0, 0.1) is 12.7 Å². The molecule has 1 fully saturated rings. The molecule has 0 aromatic heterocycles. The number of ether oxygens (including phenoxy) is 1. The van der Waals surface area contributed by atoms with Crippen molar-refractivity contribution in [2.24, 2.45) is 0 Å². The Morgan fingerprint density at radius 3 is 2.50 bits per heavy atom. The van der Waals surface area contributed by atoms with Crippen molar-refractivity contribution >= 4 is 17.8 Å². The number of carbonyl (C=O) groups is 3. The fourth-order valence-electron chi connectivity index (χ4n) is 3.56. The van der Waals surface area contributed by atoms with Crippen molar-refractivity contribution in [1.82, 2.24) is 15.5 Å². The van der Waals surface area contributed by atoms with Gasteiger partial charge in [-0.25, -0.2) is 9.18 Å². The predicted octanol–water partition coefficient (Wildman–Crippen LogP) is 2.62. The molecular formula is C22H24FN3O4. The summed E-state index contributed by atoms with van der Waals surface area (Å²) < 4.78 is 18.2. The van der Waals surface area contributed by atoms with Gasteiger partial charge in [-0.3, -0.25) is 14.5 Å². The molecule has 1 aliphatic rings. The molecule has 3 rings (SSSR count). The number of nitrogens with one attached hydrogen (secondary N) is 2. The Labute approximate surface area is 174 Å². The first-order valence-electron chi connectivity index (χ1n) is 9.61. The Morgan fingerprint density at radius 1 is 1.20 bits per heavy atom. The molecule has 1 atom stereocenters. The fourth-order valence-corrected chi connectivity index (χ4v) is 3.56. The first-order valence-corrected chi connectivity index (χ1v) is 9.61. The average molecular weight is 413 g/mol. The van der Waals surface area contributed by atoms with E-state index in [2.05, 4.69) is 10.6 Å². The third-order valence-corrected chi connectivity index (χ3v) is 5.30. The lowest BCUT2D eigenvalue weighted by atomic mass is 9.86. The Kier molecular flexibility index (Phi) is 6.05. The molecule has 0 spiro atoms. The molecule has 1 unspecified atom stereocenters. The third kappa shape index (κ3) is 3.98. The summed E-state index contributed by atoms with van der Waals surface area (Å²) in [4.78, 5) is 39.0. The van der Waals surface area contributed by atoms with E-state index in [4.69, 9.17) is 4.74 Å². The zero-order valence-electron chi connectivity index (χ0n) is 17.1. The van der Waals surface area contributed by atoms with Gasteiger partial charge in [0.2, 0.25) is 5.91 Å². The lowest BCUT2D eigenvalue weighted by Gasteiger charge is -2.26. The molecule has 7 nitrogen and oxygen atoms in total. The summed E-state index contributed by atoms with van der Waals surface area (Å²) in [7, 11) is 1.56. The van der Waals surface area contributed by atoms with Crippen molar-refractivity contribution in [1.29, 1.82) is 0 Å². The van der Waals surface area contributed by atoms with Crippen LogP contribution in [0.25, 0.3) is 0 Å². The monoisotopic (exact) mass is 413 g/mol. The molecule has 0 saturated carbocycles. The highest BCUT2D eigenvalue weighted by Crippen LogP contribution is 2.34. The number of urea groups is 1. The minimum absolute atomic E-state index is 0.166. The number of imide groups is 1. The summed E-state index contributed by atoms with van der Waals surface area (Å²) in [5.41, 5.74) is 0.945. The highest BCUT2D eigenvalue weighted by Gasteiger charge is 2.51. The largest absolute Gasteiger partial charge is 0.496 e. The summed E-state index contributed by atoms with van der Waals surface area (Å²) >= 11 is 0. The molecule has 2 aromatic rings. The van der Waals surface area contributed by atoms with Crippen LogP contribution >= 0.6 is 0 Å². The minimum Gasteiger partial charge on any atom is -0.496 e. The maximum atomic E-state index is 13.2. The van der Waals surface area contributed by atoms with Gasteiger partial charge in [0.1, 0.15) is 23.7 Å². The van der Waals surface area contributed by atoms with Crippen molar-refractivity contribution in [2.45, 2.75) is 32.4 Å². The molecule has 1 heterocycles. The predicted molar refractivity (Wildman–Crippen MR) is 108 cm³/mol. The van der Waals surface area contributed by atoms with E-state index in [9.17, 15) is 18.8 Å². The molecule has 2 aromatic carbocycles. The quantitative estimate of drug-likeness (QED) is 0.683. The van der Waals surface area contributed by atoms with Crippen LogP contribution in [-0.4, -0.2) is 36.4 Å². The number of amides is 4. The van der Waals surface area contributed by atoms with E-state index in [-0.39, 0.29) is 12.4 Å². The Bertz CT molecular complexity index is 977. The van der Waals surface area contributed by atoms with E-state index in [1.54, 1.807) is 44.4 Å². The van der Waals surface area contributed by atoms with Crippen LogP contribution in [0.4, 0.5) is 9.18 Å². The smallest absolute Gasteiger partial charge is 0.325 e. The summed E-state index contributed by atoms with van der Waals surface area (Å²) in [6.45, 7) is 3.42. The first-order chi connectivity index (χ1) is 14.3. The standard InChI is InChI=1S/C22H24FN3O4/c1-4-22(16-7-10-18(30-3)14(2)11-16)20(28)26(21(29)25-22)13-19(27)24-12-15-5-8-17(23)9-6-15/h5-11H,4,12-13H2,1-3H3,(H,24,27)(H,25,29). The molecule has 158 valence electrons. The van der Waals surface area contributed by atoms with Crippen LogP contribution in [0.5, 0.6) is 5.75 Å². The van der Waals surface area contributed by atoms with Crippen LogP contribution < -0.4 is 15.4 Å². The SMILES string of the molecule is CCC1(c2ccc(OC)c(C)c2)NC(=O)N(CC(=O)NCc2ccc(F)cc2)C1=O. The van der Waals surface area contributed by atoms with E-state index >= 15 is 0 Å². The third-order valence-electron chi connectivity index (χ3n) is 5.30. The van der Waals surface area contributed by atoms with Crippen LogP contribution in [-0.2, 0) is 21.7 Å². The Morgan fingerprint density at radius 2 is 1.90 bits per heavy atom. The van der Waals surface area contributed by atoms with Crippen LogP contribution in [0.3, 0.4) is 0 Å². The van der Waals surface area contributed by atoms with E-state index in [0.717, 1.165) is 10.5 Å². The zero-order chi connectivity index (χ0) is 21.9. The van der Waals surface area contributed by atoms with Crippen molar-refractivity contribution in [2.75, 3.05) is 13.7 Å². The molecule has 0 aliphatic carbocycles. The number of rotatable bonds is 7. The molecule has 8 heteroatoms. The van der Waals surface area contributed by atoms with Gasteiger partial charge in [-0.15, -0.1) is 0 Å². The number of nitrogens with zero attached hydrogens (tertiary/aromatic N) is 1. The van der Waals surface area contributed by atoms with Gasteiger partial charge in [0.15, 0.2) is 0 Å². The molecule has 1 saturated heterocycles. The maximum absolute atomic E-state index is 13.2. The highest BCUT2D eigenvalue weighted by molar-refractivity contribution is 6.09. The molecule has 0 bridgehead atoms. The number of hydrogen-bond donors (Lipinski definition) is 2. The van der Waals surface area contributed by atoms with Crippen molar-refractivity contribution in [3.63, 3.8) is 0 Å². The second-order valence-corrected chi connectivity index (χ2v) is 7.17. The van der Waals surface area contributed by atoms with Crippen LogP contribution in [0.1, 0.15) is 30.0 Å². The van der Waals surface area contributed by atoms with Gasteiger partial charge in [-0.1, -0.05) is 25.1 Å². The number of carbonyl (C=O) groups excluding carboxylic acids is 3. The van der Waals surface area contributed by atoms with Crippen molar-refractivity contribution in [3.8, 4) is 5.75 Å². The van der Waals surface area contributed by atoms with Gasteiger partial charge < -0.3 is 15.4 Å². The number of methoxy groups -OCH3 is 1. The molecule has 2 N–H and O–H groups in total. The summed E-state index contributed by atoms with van der Waals surface area (Å²) in [5.74, 6) is -0.648. The Balaban J connectivity index is 1.73. The van der Waals surface area contributed by atoms with Gasteiger partial charge in [0, 0.05) is 6.54 Å². The van der Waals surface area contributed by atoms with Crippen molar-refractivity contribution in [3.05, 3.63) is 65.0 Å². The average Bonchev–Trinajstić information content (AvgIpc) is 2.98. The van der Waals surface area contributed by atoms with Gasteiger partial charge in [0.05, 0.1) is 7.11 Å². The number of benzene rings is 2. The van der Waals surface area contributed by atoms with Gasteiger partial charge in [0.25, 0.3) is 5.91 Å². The molecule has 30 heavy (non-hydrogen) atoms. The van der Waals surface area contributed by atoms with Crippen LogP contribution in [0.2, 0.25) is 0 Å². The maximum Gasteiger partial charge on any atom is 0.325 e. The second kappa shape index (κ2) is 8.52. The first kappa shape index (κ1) is 21.3. The normalized spacial score (nSPS) is 18.3. The number of hydrogen-bond acceptors (Lipinski definition) is 4. The number of halogens is 1. The van der Waals surface area contributed by atoms with Crippen molar-refractivity contribution < 1.29 is 23.5 Å². The van der Waals surface area contributed by atoms with Crippen LogP contribution in [0.15, 0.2) is 42.5 Å². The summed E-state index contributed by atoms with van der Waals surface area (Å²) in [6, 6.07) is 10.4. The summed E-state index contributed by atoms with van der Waals surface area (Å²) in [6.07, 6.45) is 0.330. The number of aryl methyl sites for hydroxylation is 1. The topological polar surface area (TPSA) is 87.7 Å². The molecule has 1 aliphatic heterocycles. The van der Waals surface area contributed by atoms with E-state index in [1.807, 2.05) is 6.92 Å². The van der Waals surface area contributed by atoms with E-state index < -0.39 is 29.9 Å². The van der Waals surface area contributed by atoms with Gasteiger partial charge in [-0.05, 0) is 54.3 Å². The molecular weight excluding hydrogens is 389 g/mol. The lowest BCUT2D eigenvalue weighted by molar-refractivity contribution is -0.135. The Hall–Kier alpha value is -3.42. The second-order valence-electron chi connectivity index (χ2n) is 7.17. The zero-order valence-corrected chi connectivity index (χ0v) is 17.1. The molecule has 4 amide bonds. The molecule has 0 radical (unpaired) electrons.